The molecule has 1 amide bonds. The third-order valence-electron chi connectivity index (χ3n) is 5.21. The number of rotatable bonds is 4. The molecule has 1 saturated heterocycles. The second-order valence-electron chi connectivity index (χ2n) is 7.00. The zero-order valence-corrected chi connectivity index (χ0v) is 15.4. The molecule has 0 aromatic carbocycles. The van der Waals surface area contributed by atoms with E-state index < -0.39 is 11.2 Å². The van der Waals surface area contributed by atoms with Crippen molar-refractivity contribution in [2.24, 2.45) is 14.1 Å². The number of aromatic nitrogens is 2. The van der Waals surface area contributed by atoms with Gasteiger partial charge in [0.2, 0.25) is 5.91 Å². The van der Waals surface area contributed by atoms with Gasteiger partial charge >= 0.3 is 5.69 Å². The minimum absolute atomic E-state index is 0.0254. The van der Waals surface area contributed by atoms with Crippen LogP contribution in [0.15, 0.2) is 9.59 Å². The van der Waals surface area contributed by atoms with Gasteiger partial charge in [-0.05, 0) is 19.8 Å². The lowest BCUT2D eigenvalue weighted by atomic mass is 10.2. The van der Waals surface area contributed by atoms with Crippen LogP contribution in [-0.2, 0) is 18.9 Å². The number of nitrogens with zero attached hydrogens (tertiary/aromatic N) is 5. The van der Waals surface area contributed by atoms with Gasteiger partial charge in [-0.3, -0.25) is 23.6 Å². The summed E-state index contributed by atoms with van der Waals surface area (Å²) in [6, 6.07) is 2.05. The number of nitrogens with one attached hydrogen (secondary N) is 1. The standard InChI is InChI=1S/C17H24N6O3/c1-11(14(24)19-12-4-5-12)22-6-8-23(9-7-22)15-13(10-18)16(25)21(3)17(26)20(15)2/h11-12H,4-9H2,1-3H3,(H,19,24). The molecule has 0 spiro atoms. The van der Waals surface area contributed by atoms with E-state index in [0.717, 1.165) is 17.4 Å². The Balaban J connectivity index is 1.76. The molecule has 2 fully saturated rings. The predicted octanol–water partition coefficient (Wildman–Crippen LogP) is -1.26. The first-order chi connectivity index (χ1) is 12.3. The van der Waals surface area contributed by atoms with Crippen molar-refractivity contribution in [2.45, 2.75) is 31.8 Å². The predicted molar refractivity (Wildman–Crippen MR) is 96.1 cm³/mol. The van der Waals surface area contributed by atoms with Crippen LogP contribution in [0.3, 0.4) is 0 Å². The number of hydrogen-bond acceptors (Lipinski definition) is 6. The van der Waals surface area contributed by atoms with Gasteiger partial charge in [0.1, 0.15) is 11.9 Å². The van der Waals surface area contributed by atoms with Crippen molar-refractivity contribution in [2.75, 3.05) is 31.1 Å². The molecule has 1 unspecified atom stereocenters. The van der Waals surface area contributed by atoms with Gasteiger partial charge in [0.25, 0.3) is 5.56 Å². The van der Waals surface area contributed by atoms with Crippen LogP contribution in [0, 0.1) is 11.3 Å². The van der Waals surface area contributed by atoms with Gasteiger partial charge in [-0.2, -0.15) is 5.26 Å². The number of carbonyl (C=O) groups excluding carboxylic acids is 1. The number of nitriles is 1. The number of carbonyl (C=O) groups is 1. The Morgan fingerprint density at radius 2 is 1.77 bits per heavy atom. The van der Waals surface area contributed by atoms with Crippen LogP contribution >= 0.6 is 0 Å². The monoisotopic (exact) mass is 360 g/mol. The van der Waals surface area contributed by atoms with Crippen LogP contribution in [-0.4, -0.2) is 58.2 Å². The summed E-state index contributed by atoms with van der Waals surface area (Å²) < 4.78 is 2.29. The van der Waals surface area contributed by atoms with Crippen LogP contribution in [0.4, 0.5) is 5.82 Å². The van der Waals surface area contributed by atoms with E-state index in [1.54, 1.807) is 7.05 Å². The molecule has 2 aliphatic rings. The first-order valence-corrected chi connectivity index (χ1v) is 8.84. The molecular formula is C17H24N6O3. The highest BCUT2D eigenvalue weighted by atomic mass is 16.2. The van der Waals surface area contributed by atoms with Gasteiger partial charge in [-0.1, -0.05) is 0 Å². The molecule has 9 nitrogen and oxygen atoms in total. The number of hydrogen-bond donors (Lipinski definition) is 1. The second-order valence-corrected chi connectivity index (χ2v) is 7.00. The largest absolute Gasteiger partial charge is 0.354 e. The van der Waals surface area contributed by atoms with E-state index >= 15 is 0 Å². The summed E-state index contributed by atoms with van der Waals surface area (Å²) in [6.07, 6.45) is 2.11. The molecule has 1 saturated carbocycles. The Morgan fingerprint density at radius 1 is 1.15 bits per heavy atom. The molecule has 26 heavy (non-hydrogen) atoms. The molecule has 1 atom stereocenters. The Hall–Kier alpha value is -2.60. The molecule has 2 heterocycles. The first kappa shape index (κ1) is 18.2. The van der Waals surface area contributed by atoms with Gasteiger partial charge in [-0.15, -0.1) is 0 Å². The summed E-state index contributed by atoms with van der Waals surface area (Å²) in [4.78, 5) is 40.6. The summed E-state index contributed by atoms with van der Waals surface area (Å²) in [5.74, 6) is 0.398. The van der Waals surface area contributed by atoms with Gasteiger partial charge in [-0.25, -0.2) is 4.79 Å². The van der Waals surface area contributed by atoms with Crippen LogP contribution < -0.4 is 21.5 Å². The van der Waals surface area contributed by atoms with Crippen molar-refractivity contribution in [1.29, 1.82) is 5.26 Å². The van der Waals surface area contributed by atoms with E-state index in [4.69, 9.17) is 0 Å². The lowest BCUT2D eigenvalue weighted by Gasteiger charge is -2.39. The quantitative estimate of drug-likeness (QED) is 0.719. The Kier molecular flexibility index (Phi) is 4.87. The summed E-state index contributed by atoms with van der Waals surface area (Å²) in [5, 5.41) is 12.4. The molecule has 1 aromatic rings. The first-order valence-electron chi connectivity index (χ1n) is 8.84. The van der Waals surface area contributed by atoms with Gasteiger partial charge < -0.3 is 10.2 Å². The average molecular weight is 360 g/mol. The molecule has 1 aliphatic carbocycles. The number of anilines is 1. The highest BCUT2D eigenvalue weighted by Gasteiger charge is 2.31. The summed E-state index contributed by atoms with van der Waals surface area (Å²) in [5.41, 5.74) is -1.06. The molecule has 3 rings (SSSR count). The van der Waals surface area contributed by atoms with E-state index in [1.807, 2.05) is 17.9 Å². The van der Waals surface area contributed by atoms with E-state index in [1.165, 1.54) is 11.6 Å². The smallest absolute Gasteiger partial charge is 0.332 e. The van der Waals surface area contributed by atoms with Crippen molar-refractivity contribution >= 4 is 11.7 Å². The fourth-order valence-electron chi connectivity index (χ4n) is 3.34. The molecular weight excluding hydrogens is 336 g/mol. The molecule has 140 valence electrons. The Bertz CT molecular complexity index is 868. The zero-order chi connectivity index (χ0) is 19.0. The minimum Gasteiger partial charge on any atom is -0.354 e. The van der Waals surface area contributed by atoms with Crippen molar-refractivity contribution in [3.05, 3.63) is 26.4 Å². The van der Waals surface area contributed by atoms with E-state index in [9.17, 15) is 19.6 Å². The molecule has 0 radical (unpaired) electrons. The SMILES string of the molecule is CC(C(=O)NC1CC1)N1CCN(c2c(C#N)c(=O)n(C)c(=O)n2C)CC1. The summed E-state index contributed by atoms with van der Waals surface area (Å²) in [6.45, 7) is 4.20. The highest BCUT2D eigenvalue weighted by Crippen LogP contribution is 2.20. The fraction of sp³-hybridized carbons (Fsp3) is 0.647. The maximum absolute atomic E-state index is 12.2. The second kappa shape index (κ2) is 6.96. The normalized spacial score (nSPS) is 19.1. The lowest BCUT2D eigenvalue weighted by molar-refractivity contribution is -0.126. The molecule has 0 bridgehead atoms. The third kappa shape index (κ3) is 3.24. The van der Waals surface area contributed by atoms with E-state index in [-0.39, 0.29) is 17.5 Å². The summed E-state index contributed by atoms with van der Waals surface area (Å²) in [7, 11) is 2.93. The van der Waals surface area contributed by atoms with Crippen molar-refractivity contribution in [3.63, 3.8) is 0 Å². The van der Waals surface area contributed by atoms with Crippen LogP contribution in [0.2, 0.25) is 0 Å². The molecule has 1 aliphatic heterocycles. The Labute approximate surface area is 151 Å². The van der Waals surface area contributed by atoms with Crippen molar-refractivity contribution in [1.82, 2.24) is 19.4 Å². The van der Waals surface area contributed by atoms with Crippen molar-refractivity contribution < 1.29 is 4.79 Å². The number of piperazine rings is 1. The zero-order valence-electron chi connectivity index (χ0n) is 15.4. The van der Waals surface area contributed by atoms with E-state index in [0.29, 0.717) is 38.0 Å². The Morgan fingerprint density at radius 3 is 2.31 bits per heavy atom. The van der Waals surface area contributed by atoms with E-state index in [2.05, 4.69) is 10.2 Å². The fourth-order valence-corrected chi connectivity index (χ4v) is 3.34. The van der Waals surface area contributed by atoms with Gasteiger partial charge in [0, 0.05) is 46.3 Å². The molecule has 1 aromatic heterocycles. The highest BCUT2D eigenvalue weighted by molar-refractivity contribution is 5.81. The number of amides is 1. The minimum atomic E-state index is -0.579. The maximum Gasteiger partial charge on any atom is 0.332 e. The maximum atomic E-state index is 12.2. The van der Waals surface area contributed by atoms with Gasteiger partial charge in [0.15, 0.2) is 5.56 Å². The third-order valence-corrected chi connectivity index (χ3v) is 5.21. The van der Waals surface area contributed by atoms with Crippen LogP contribution in [0.5, 0.6) is 0 Å². The average Bonchev–Trinajstić information content (AvgIpc) is 3.46. The van der Waals surface area contributed by atoms with Crippen molar-refractivity contribution in [3.8, 4) is 6.07 Å². The lowest BCUT2D eigenvalue weighted by Crippen LogP contribution is -2.55. The van der Waals surface area contributed by atoms with Crippen LogP contribution in [0.1, 0.15) is 25.3 Å². The van der Waals surface area contributed by atoms with Crippen LogP contribution in [0.25, 0.3) is 0 Å². The summed E-state index contributed by atoms with van der Waals surface area (Å²) >= 11 is 0. The topological polar surface area (TPSA) is 103 Å². The molecule has 1 N–H and O–H groups in total. The van der Waals surface area contributed by atoms with Gasteiger partial charge in [0.05, 0.1) is 6.04 Å². The molecule has 9 heteroatoms.